The van der Waals surface area contributed by atoms with E-state index in [-0.39, 0.29) is 11.7 Å². The van der Waals surface area contributed by atoms with Crippen LogP contribution in [0.3, 0.4) is 0 Å². The van der Waals surface area contributed by atoms with Gasteiger partial charge in [0.25, 0.3) is 0 Å². The highest BCUT2D eigenvalue weighted by Gasteiger charge is 2.22. The van der Waals surface area contributed by atoms with Crippen molar-refractivity contribution in [2.45, 2.75) is 44.7 Å². The summed E-state index contributed by atoms with van der Waals surface area (Å²) < 4.78 is 1.92. The molecule has 2 heterocycles. The fourth-order valence-electron chi connectivity index (χ4n) is 3.21. The predicted octanol–water partition coefficient (Wildman–Crippen LogP) is 3.00. The van der Waals surface area contributed by atoms with Crippen LogP contribution in [0.5, 0.6) is 0 Å². The number of thioether (sulfide) groups is 1. The van der Waals surface area contributed by atoms with E-state index >= 15 is 0 Å². The zero-order valence-corrected chi connectivity index (χ0v) is 17.5. The van der Waals surface area contributed by atoms with E-state index in [1.807, 2.05) is 11.6 Å². The Morgan fingerprint density at radius 1 is 1.37 bits per heavy atom. The third-order valence-corrected chi connectivity index (χ3v) is 6.99. The van der Waals surface area contributed by atoms with Crippen LogP contribution in [0.2, 0.25) is 0 Å². The summed E-state index contributed by atoms with van der Waals surface area (Å²) in [6.45, 7) is 4.53. The summed E-state index contributed by atoms with van der Waals surface area (Å²) in [5, 5.41) is 14.0. The van der Waals surface area contributed by atoms with Gasteiger partial charge in [0.15, 0.2) is 11.0 Å². The molecular formula is C18H25N5O2S2. The summed E-state index contributed by atoms with van der Waals surface area (Å²) in [6, 6.07) is 1.78. The molecule has 9 heteroatoms. The average molecular weight is 408 g/mol. The molecule has 1 atom stereocenters. The van der Waals surface area contributed by atoms with Gasteiger partial charge in [-0.1, -0.05) is 25.1 Å². The smallest absolute Gasteiger partial charge is 0.321 e. The van der Waals surface area contributed by atoms with Crippen molar-refractivity contribution in [1.82, 2.24) is 25.4 Å². The van der Waals surface area contributed by atoms with E-state index in [0.717, 1.165) is 29.5 Å². The van der Waals surface area contributed by atoms with Gasteiger partial charge >= 0.3 is 6.03 Å². The number of urea groups is 1. The van der Waals surface area contributed by atoms with Gasteiger partial charge in [0.1, 0.15) is 0 Å². The highest BCUT2D eigenvalue weighted by atomic mass is 32.2. The highest BCUT2D eigenvalue weighted by Crippen LogP contribution is 2.37. The number of amides is 3. The van der Waals surface area contributed by atoms with Gasteiger partial charge in [0.2, 0.25) is 5.91 Å². The minimum Gasteiger partial charge on any atom is -0.338 e. The Bertz CT molecular complexity index is 830. The lowest BCUT2D eigenvalue weighted by Gasteiger charge is -2.19. The zero-order valence-electron chi connectivity index (χ0n) is 15.9. The molecule has 0 spiro atoms. The first-order valence-corrected chi connectivity index (χ1v) is 11.0. The molecule has 1 aliphatic rings. The number of rotatable bonds is 6. The van der Waals surface area contributed by atoms with E-state index in [9.17, 15) is 9.59 Å². The van der Waals surface area contributed by atoms with Gasteiger partial charge in [-0.25, -0.2) is 4.79 Å². The third kappa shape index (κ3) is 4.70. The molecule has 0 aromatic carbocycles. The third-order valence-electron chi connectivity index (χ3n) is 4.74. The van der Waals surface area contributed by atoms with Crippen molar-refractivity contribution in [3.63, 3.8) is 0 Å². The molecule has 3 rings (SSSR count). The van der Waals surface area contributed by atoms with Gasteiger partial charge in [-0.3, -0.25) is 10.1 Å². The van der Waals surface area contributed by atoms with Crippen LogP contribution in [0, 0.1) is 5.92 Å². The molecule has 2 aromatic rings. The summed E-state index contributed by atoms with van der Waals surface area (Å²) in [5.74, 6) is 1.37. The average Bonchev–Trinajstić information content (AvgIpc) is 3.22. The highest BCUT2D eigenvalue weighted by molar-refractivity contribution is 7.99. The van der Waals surface area contributed by atoms with Gasteiger partial charge in [-0.15, -0.1) is 21.5 Å². The summed E-state index contributed by atoms with van der Waals surface area (Å²) in [4.78, 5) is 25.8. The summed E-state index contributed by atoms with van der Waals surface area (Å²) >= 11 is 3.07. The molecule has 27 heavy (non-hydrogen) atoms. The van der Waals surface area contributed by atoms with Gasteiger partial charge in [0, 0.05) is 18.5 Å². The van der Waals surface area contributed by atoms with E-state index in [0.29, 0.717) is 11.7 Å². The Morgan fingerprint density at radius 3 is 2.93 bits per heavy atom. The molecule has 0 aliphatic heterocycles. The molecule has 0 saturated carbocycles. The predicted molar refractivity (Wildman–Crippen MR) is 108 cm³/mol. The monoisotopic (exact) mass is 407 g/mol. The number of carbonyl (C=O) groups is 2. The van der Waals surface area contributed by atoms with Crippen molar-refractivity contribution in [1.29, 1.82) is 0 Å². The standard InChI is InChI=1S/C18H25N5O2S2/c1-4-11-6-7-13-12(8-11)9-14(27-13)16-21-22-18(23(16)3)26-10-15(24)20-17(25)19-5-2/h9,11H,4-8,10H2,1-3H3,(H2,19,20,24,25)/t11-/m1/s1. The van der Waals surface area contributed by atoms with Crippen molar-refractivity contribution >= 4 is 35.0 Å². The van der Waals surface area contributed by atoms with Crippen LogP contribution < -0.4 is 10.6 Å². The molecule has 3 amide bonds. The number of nitrogens with one attached hydrogen (secondary N) is 2. The molecule has 0 fully saturated rings. The number of aromatic nitrogens is 3. The first-order valence-electron chi connectivity index (χ1n) is 9.23. The number of carbonyl (C=O) groups excluding carboxylic acids is 2. The fraction of sp³-hybridized carbons (Fsp3) is 0.556. The quantitative estimate of drug-likeness (QED) is 0.719. The normalized spacial score (nSPS) is 16.0. The second-order valence-corrected chi connectivity index (χ2v) is 8.72. The minimum atomic E-state index is -0.476. The van der Waals surface area contributed by atoms with Crippen LogP contribution in [0.15, 0.2) is 11.2 Å². The molecule has 2 N–H and O–H groups in total. The van der Waals surface area contributed by atoms with Crippen molar-refractivity contribution in [2.75, 3.05) is 12.3 Å². The van der Waals surface area contributed by atoms with Crippen LogP contribution in [0.4, 0.5) is 4.79 Å². The second-order valence-electron chi connectivity index (χ2n) is 6.64. The lowest BCUT2D eigenvalue weighted by atomic mass is 9.87. The molecule has 0 unspecified atom stereocenters. The summed E-state index contributed by atoms with van der Waals surface area (Å²) in [6.07, 6.45) is 4.80. The number of aryl methyl sites for hydroxylation is 1. The second kappa shape index (κ2) is 8.88. The van der Waals surface area contributed by atoms with Crippen LogP contribution in [0.25, 0.3) is 10.7 Å². The number of imide groups is 1. The number of thiophene rings is 1. The first kappa shape index (κ1) is 19.9. The molecule has 7 nitrogen and oxygen atoms in total. The Balaban J connectivity index is 1.65. The maximum Gasteiger partial charge on any atom is 0.321 e. The van der Waals surface area contributed by atoms with Crippen LogP contribution in [-0.2, 0) is 24.7 Å². The molecule has 0 radical (unpaired) electrons. The fourth-order valence-corrected chi connectivity index (χ4v) is 5.15. The molecule has 0 saturated heterocycles. The van der Waals surface area contributed by atoms with Crippen LogP contribution in [0.1, 0.15) is 37.1 Å². The SMILES string of the molecule is CCNC(=O)NC(=O)CSc1nnc(-c2cc3c(s2)CC[C@@H](CC)C3)n1C. The lowest BCUT2D eigenvalue weighted by Crippen LogP contribution is -2.40. The van der Waals surface area contributed by atoms with Gasteiger partial charge in [-0.05, 0) is 43.7 Å². The Morgan fingerprint density at radius 2 is 2.19 bits per heavy atom. The van der Waals surface area contributed by atoms with Gasteiger partial charge in [0.05, 0.1) is 10.6 Å². The molecular weight excluding hydrogens is 382 g/mol. The number of fused-ring (bicyclic) bond motifs is 1. The van der Waals surface area contributed by atoms with Crippen molar-refractivity contribution in [2.24, 2.45) is 13.0 Å². The Labute approximate surface area is 167 Å². The summed E-state index contributed by atoms with van der Waals surface area (Å²) in [5.41, 5.74) is 1.45. The zero-order chi connectivity index (χ0) is 19.4. The van der Waals surface area contributed by atoms with E-state index in [1.165, 1.54) is 35.0 Å². The molecule has 0 bridgehead atoms. The minimum absolute atomic E-state index is 0.113. The van der Waals surface area contributed by atoms with Gasteiger partial charge in [-0.2, -0.15) is 0 Å². The lowest BCUT2D eigenvalue weighted by molar-refractivity contribution is -0.117. The Kier molecular flexibility index (Phi) is 6.54. The van der Waals surface area contributed by atoms with Crippen LogP contribution >= 0.6 is 23.1 Å². The summed E-state index contributed by atoms with van der Waals surface area (Å²) in [7, 11) is 1.91. The molecule has 2 aromatic heterocycles. The van der Waals surface area contributed by atoms with Crippen molar-refractivity contribution in [3.8, 4) is 10.7 Å². The van der Waals surface area contributed by atoms with Crippen molar-refractivity contribution < 1.29 is 9.59 Å². The maximum absolute atomic E-state index is 11.8. The largest absolute Gasteiger partial charge is 0.338 e. The van der Waals surface area contributed by atoms with E-state index in [4.69, 9.17) is 0 Å². The van der Waals surface area contributed by atoms with Crippen LogP contribution in [-0.4, -0.2) is 39.0 Å². The number of nitrogens with zero attached hydrogens (tertiary/aromatic N) is 3. The van der Waals surface area contributed by atoms with Gasteiger partial charge < -0.3 is 9.88 Å². The number of hydrogen-bond acceptors (Lipinski definition) is 6. The molecule has 1 aliphatic carbocycles. The number of hydrogen-bond donors (Lipinski definition) is 2. The maximum atomic E-state index is 11.8. The topological polar surface area (TPSA) is 88.9 Å². The Hall–Kier alpha value is -1.87. The van der Waals surface area contributed by atoms with E-state index in [2.05, 4.69) is 33.8 Å². The van der Waals surface area contributed by atoms with E-state index < -0.39 is 6.03 Å². The van der Waals surface area contributed by atoms with Crippen molar-refractivity contribution in [3.05, 3.63) is 16.5 Å². The van der Waals surface area contributed by atoms with E-state index in [1.54, 1.807) is 18.3 Å². The molecule has 146 valence electrons. The first-order chi connectivity index (χ1) is 13.0.